The summed E-state index contributed by atoms with van der Waals surface area (Å²) in [5.41, 5.74) is 4.19. The summed E-state index contributed by atoms with van der Waals surface area (Å²) < 4.78 is 0. The second-order valence-corrected chi connectivity index (χ2v) is 9.23. The monoisotopic (exact) mass is 447 g/mol. The molecule has 2 N–H and O–H groups in total. The molecule has 0 unspecified atom stereocenters. The van der Waals surface area contributed by atoms with Crippen molar-refractivity contribution in [2.75, 3.05) is 13.1 Å². The predicted molar refractivity (Wildman–Crippen MR) is 128 cm³/mol. The summed E-state index contributed by atoms with van der Waals surface area (Å²) in [6, 6.07) is 20.1. The molecule has 6 heteroatoms. The number of aliphatic hydroxyl groups excluding tert-OH is 1. The molecule has 0 bridgehead atoms. The lowest BCUT2D eigenvalue weighted by Gasteiger charge is -2.29. The number of pyridine rings is 1. The Morgan fingerprint density at radius 2 is 1.72 bits per heavy atom. The zero-order valence-electron chi connectivity index (χ0n) is 18.1. The number of hydrogen-bond acceptors (Lipinski definition) is 5. The van der Waals surface area contributed by atoms with E-state index in [1.807, 2.05) is 36.5 Å². The second-order valence-electron chi connectivity index (χ2n) is 8.18. The van der Waals surface area contributed by atoms with E-state index in [0.717, 1.165) is 48.7 Å². The van der Waals surface area contributed by atoms with Crippen LogP contribution in [0.5, 0.6) is 0 Å². The van der Waals surface area contributed by atoms with Crippen molar-refractivity contribution >= 4 is 17.7 Å². The van der Waals surface area contributed by atoms with Crippen molar-refractivity contribution in [1.82, 2.24) is 15.2 Å². The Kier molecular flexibility index (Phi) is 7.93. The summed E-state index contributed by atoms with van der Waals surface area (Å²) in [5, 5.41) is 12.6. The van der Waals surface area contributed by atoms with Crippen LogP contribution in [0.15, 0.2) is 78.0 Å². The van der Waals surface area contributed by atoms with Crippen LogP contribution in [0.2, 0.25) is 0 Å². The van der Waals surface area contributed by atoms with Crippen molar-refractivity contribution in [3.63, 3.8) is 0 Å². The van der Waals surface area contributed by atoms with E-state index in [-0.39, 0.29) is 12.0 Å². The highest BCUT2D eigenvalue weighted by Gasteiger charge is 2.16. The topological polar surface area (TPSA) is 65.5 Å². The number of thioether (sulfide) groups is 1. The van der Waals surface area contributed by atoms with Crippen LogP contribution in [0.4, 0.5) is 0 Å². The lowest BCUT2D eigenvalue weighted by atomic mass is 10.1. The first-order chi connectivity index (χ1) is 15.7. The molecule has 0 radical (unpaired) electrons. The minimum Gasteiger partial charge on any atom is -0.393 e. The maximum Gasteiger partial charge on any atom is 0.251 e. The Labute approximate surface area is 193 Å². The molecule has 4 rings (SSSR count). The van der Waals surface area contributed by atoms with Gasteiger partial charge in [0.25, 0.3) is 5.91 Å². The SMILES string of the molecule is O=C(NCc1ccc(CN2CCC(O)CC2)cc1)c1ccc(SCc2cccnc2)cc1. The largest absolute Gasteiger partial charge is 0.393 e. The Hall–Kier alpha value is -2.67. The minimum absolute atomic E-state index is 0.0650. The van der Waals surface area contributed by atoms with Crippen molar-refractivity contribution in [3.05, 3.63) is 95.3 Å². The lowest BCUT2D eigenvalue weighted by molar-refractivity contribution is 0.0792. The van der Waals surface area contributed by atoms with Crippen LogP contribution in [0.1, 0.15) is 39.9 Å². The molecule has 5 nitrogen and oxygen atoms in total. The summed E-state index contributed by atoms with van der Waals surface area (Å²) in [5.74, 6) is 0.791. The van der Waals surface area contributed by atoms with Crippen LogP contribution in [-0.4, -0.2) is 40.1 Å². The zero-order chi connectivity index (χ0) is 22.2. The first kappa shape index (κ1) is 22.5. The van der Waals surface area contributed by atoms with Gasteiger partial charge in [0, 0.05) is 54.8 Å². The Bertz CT molecular complexity index is 986. The second kappa shape index (κ2) is 11.3. The van der Waals surface area contributed by atoms with Gasteiger partial charge in [0.1, 0.15) is 0 Å². The summed E-state index contributed by atoms with van der Waals surface area (Å²) >= 11 is 1.73. The van der Waals surface area contributed by atoms with Gasteiger partial charge in [-0.1, -0.05) is 30.3 Å². The molecule has 1 fully saturated rings. The molecule has 3 aromatic rings. The van der Waals surface area contributed by atoms with E-state index < -0.39 is 0 Å². The Balaban J connectivity index is 1.22. The smallest absolute Gasteiger partial charge is 0.251 e. The first-order valence-corrected chi connectivity index (χ1v) is 12.0. The van der Waals surface area contributed by atoms with Crippen molar-refractivity contribution < 1.29 is 9.90 Å². The average Bonchev–Trinajstić information content (AvgIpc) is 2.84. The fourth-order valence-corrected chi connectivity index (χ4v) is 4.57. The number of amides is 1. The van der Waals surface area contributed by atoms with Gasteiger partial charge in [0.2, 0.25) is 0 Å². The van der Waals surface area contributed by atoms with Gasteiger partial charge in [-0.25, -0.2) is 0 Å². The van der Waals surface area contributed by atoms with Crippen LogP contribution in [0.3, 0.4) is 0 Å². The molecule has 1 aromatic heterocycles. The highest BCUT2D eigenvalue weighted by atomic mass is 32.2. The molecule has 1 aliphatic heterocycles. The molecule has 0 saturated carbocycles. The van der Waals surface area contributed by atoms with Crippen LogP contribution in [0, 0.1) is 0 Å². The Morgan fingerprint density at radius 3 is 2.41 bits per heavy atom. The number of carbonyl (C=O) groups is 1. The number of carbonyl (C=O) groups excluding carboxylic acids is 1. The highest BCUT2D eigenvalue weighted by Crippen LogP contribution is 2.22. The van der Waals surface area contributed by atoms with Crippen LogP contribution >= 0.6 is 11.8 Å². The molecule has 2 heterocycles. The van der Waals surface area contributed by atoms with Crippen LogP contribution in [-0.2, 0) is 18.8 Å². The molecular weight excluding hydrogens is 418 g/mol. The standard InChI is InChI=1S/C26H29N3O2S/c30-24-11-14-29(15-12-24)18-21-5-3-20(4-6-21)17-28-26(31)23-7-9-25(10-8-23)32-19-22-2-1-13-27-16-22/h1-10,13,16,24,30H,11-12,14-15,17-19H2,(H,28,31). The van der Waals surface area contributed by atoms with Gasteiger partial charge in [-0.05, 0) is 59.9 Å². The van der Waals surface area contributed by atoms with Gasteiger partial charge in [0.05, 0.1) is 6.10 Å². The zero-order valence-corrected chi connectivity index (χ0v) is 18.9. The molecular formula is C26H29N3O2S. The fourth-order valence-electron chi connectivity index (χ4n) is 3.74. The number of aliphatic hydroxyl groups is 1. The van der Waals surface area contributed by atoms with Gasteiger partial charge < -0.3 is 10.4 Å². The molecule has 32 heavy (non-hydrogen) atoms. The maximum absolute atomic E-state index is 12.5. The number of rotatable bonds is 8. The lowest BCUT2D eigenvalue weighted by Crippen LogP contribution is -2.35. The molecule has 1 saturated heterocycles. The van der Waals surface area contributed by atoms with Crippen LogP contribution < -0.4 is 5.32 Å². The van der Waals surface area contributed by atoms with Gasteiger partial charge in [-0.15, -0.1) is 11.8 Å². The number of benzene rings is 2. The number of likely N-dealkylation sites (tertiary alicyclic amines) is 1. The van der Waals surface area contributed by atoms with Gasteiger partial charge >= 0.3 is 0 Å². The maximum atomic E-state index is 12.5. The predicted octanol–water partition coefficient (Wildman–Crippen LogP) is 4.26. The number of nitrogens with zero attached hydrogens (tertiary/aromatic N) is 2. The van der Waals surface area contributed by atoms with E-state index in [9.17, 15) is 9.90 Å². The molecule has 0 aliphatic carbocycles. The third-order valence-corrected chi connectivity index (χ3v) is 6.77. The quantitative estimate of drug-likeness (QED) is 0.505. The Morgan fingerprint density at radius 1 is 1.00 bits per heavy atom. The van der Waals surface area contributed by atoms with Crippen molar-refractivity contribution in [1.29, 1.82) is 0 Å². The number of aromatic nitrogens is 1. The number of nitrogens with one attached hydrogen (secondary N) is 1. The van der Waals surface area contributed by atoms with E-state index in [0.29, 0.717) is 12.1 Å². The normalized spacial score (nSPS) is 14.9. The van der Waals surface area contributed by atoms with E-state index in [1.165, 1.54) is 11.1 Å². The third kappa shape index (κ3) is 6.66. The van der Waals surface area contributed by atoms with Gasteiger partial charge in [-0.2, -0.15) is 0 Å². The van der Waals surface area contributed by atoms with Crippen molar-refractivity contribution in [2.24, 2.45) is 0 Å². The van der Waals surface area contributed by atoms with E-state index in [2.05, 4.69) is 45.5 Å². The first-order valence-electron chi connectivity index (χ1n) is 11.0. The minimum atomic E-state index is -0.140. The molecule has 2 aromatic carbocycles. The number of piperidine rings is 1. The van der Waals surface area contributed by atoms with Gasteiger partial charge in [-0.3, -0.25) is 14.7 Å². The summed E-state index contributed by atoms with van der Waals surface area (Å²) in [6.45, 7) is 3.30. The molecule has 166 valence electrons. The fraction of sp³-hybridized carbons (Fsp3) is 0.308. The molecule has 0 spiro atoms. The average molecular weight is 448 g/mol. The van der Waals surface area contributed by atoms with Gasteiger partial charge in [0.15, 0.2) is 0 Å². The molecule has 0 atom stereocenters. The molecule has 1 aliphatic rings. The third-order valence-electron chi connectivity index (χ3n) is 5.68. The van der Waals surface area contributed by atoms with E-state index in [1.54, 1.807) is 18.0 Å². The number of hydrogen-bond donors (Lipinski definition) is 2. The summed E-state index contributed by atoms with van der Waals surface area (Å²) in [6.07, 6.45) is 5.22. The van der Waals surface area contributed by atoms with E-state index in [4.69, 9.17) is 0 Å². The summed E-state index contributed by atoms with van der Waals surface area (Å²) in [7, 11) is 0. The summed E-state index contributed by atoms with van der Waals surface area (Å²) in [4.78, 5) is 20.2. The highest BCUT2D eigenvalue weighted by molar-refractivity contribution is 7.98. The van der Waals surface area contributed by atoms with Crippen LogP contribution in [0.25, 0.3) is 0 Å². The van der Waals surface area contributed by atoms with E-state index >= 15 is 0 Å². The van der Waals surface area contributed by atoms with Crippen molar-refractivity contribution in [3.8, 4) is 0 Å². The van der Waals surface area contributed by atoms with Crippen molar-refractivity contribution in [2.45, 2.75) is 42.7 Å². The molecule has 1 amide bonds.